The first-order valence-electron chi connectivity index (χ1n) is 4.46. The molecule has 0 bridgehead atoms. The average molecular weight is 193 g/mol. The Bertz CT molecular complexity index is 364. The van der Waals surface area contributed by atoms with Crippen molar-refractivity contribution in [2.45, 2.75) is 12.3 Å². The Hall–Kier alpha value is -1.58. The molecule has 0 radical (unpaired) electrons. The van der Waals surface area contributed by atoms with Crippen LogP contribution in [0, 0.1) is 5.92 Å². The van der Waals surface area contributed by atoms with Gasteiger partial charge in [0.1, 0.15) is 0 Å². The predicted octanol–water partition coefficient (Wildman–Crippen LogP) is 1.28. The molecule has 1 unspecified atom stereocenters. The van der Waals surface area contributed by atoms with Gasteiger partial charge in [0.05, 0.1) is 13.0 Å². The van der Waals surface area contributed by atoms with Gasteiger partial charge >= 0.3 is 5.97 Å². The molecule has 1 aliphatic rings. The van der Waals surface area contributed by atoms with Gasteiger partial charge in [-0.1, -0.05) is 6.07 Å². The quantitative estimate of drug-likeness (QED) is 0.785. The number of aromatic nitrogens is 1. The van der Waals surface area contributed by atoms with Gasteiger partial charge in [0.15, 0.2) is 0 Å². The lowest BCUT2D eigenvalue weighted by Crippen LogP contribution is -2.00. The fourth-order valence-electron chi connectivity index (χ4n) is 1.55. The second kappa shape index (κ2) is 3.29. The standard InChI is InChI=1S/C10H11NO3/c1-14-9-4-2-3-8(11-9)6-5-7(6)10(12)13/h2-4,6-7H,5H2,1H3,(H,12,13)/t6-,7?/m1/s1. The minimum absolute atomic E-state index is 0.0719. The Morgan fingerprint density at radius 1 is 1.64 bits per heavy atom. The molecule has 0 amide bonds. The minimum Gasteiger partial charge on any atom is -0.481 e. The molecule has 1 heterocycles. The molecule has 0 aromatic carbocycles. The number of carbonyl (C=O) groups is 1. The number of methoxy groups -OCH3 is 1. The van der Waals surface area contributed by atoms with E-state index in [1.54, 1.807) is 13.2 Å². The first kappa shape index (κ1) is 8.99. The van der Waals surface area contributed by atoms with Crippen LogP contribution in [0.1, 0.15) is 18.0 Å². The Kier molecular flexibility index (Phi) is 2.11. The van der Waals surface area contributed by atoms with E-state index in [-0.39, 0.29) is 11.8 Å². The van der Waals surface area contributed by atoms with Crippen molar-refractivity contribution in [2.24, 2.45) is 5.92 Å². The summed E-state index contributed by atoms with van der Waals surface area (Å²) in [5.74, 6) is -0.379. The lowest BCUT2D eigenvalue weighted by atomic mass is 10.2. The van der Waals surface area contributed by atoms with Gasteiger partial charge in [-0.05, 0) is 12.5 Å². The van der Waals surface area contributed by atoms with Crippen molar-refractivity contribution >= 4 is 5.97 Å². The molecule has 74 valence electrons. The Balaban J connectivity index is 2.15. The average Bonchev–Trinajstić information content (AvgIpc) is 2.97. The van der Waals surface area contributed by atoms with E-state index in [4.69, 9.17) is 9.84 Å². The molecule has 14 heavy (non-hydrogen) atoms. The molecule has 2 rings (SSSR count). The summed E-state index contributed by atoms with van der Waals surface area (Å²) in [5.41, 5.74) is 0.816. The van der Waals surface area contributed by atoms with E-state index < -0.39 is 5.97 Å². The molecular weight excluding hydrogens is 182 g/mol. The summed E-state index contributed by atoms with van der Waals surface area (Å²) in [6.07, 6.45) is 0.690. The van der Waals surface area contributed by atoms with E-state index in [0.717, 1.165) is 5.69 Å². The second-order valence-corrected chi connectivity index (χ2v) is 3.39. The summed E-state index contributed by atoms with van der Waals surface area (Å²) >= 11 is 0. The first-order chi connectivity index (χ1) is 6.72. The molecule has 1 aromatic rings. The highest BCUT2D eigenvalue weighted by molar-refractivity contribution is 5.75. The van der Waals surface area contributed by atoms with Crippen LogP contribution < -0.4 is 4.74 Å². The molecule has 1 fully saturated rings. The number of carboxylic acid groups (broad SMARTS) is 1. The van der Waals surface area contributed by atoms with E-state index in [1.165, 1.54) is 0 Å². The Morgan fingerprint density at radius 3 is 3.00 bits per heavy atom. The summed E-state index contributed by atoms with van der Waals surface area (Å²) in [7, 11) is 1.55. The van der Waals surface area contributed by atoms with Crippen LogP contribution in [0.25, 0.3) is 0 Å². The van der Waals surface area contributed by atoms with Gasteiger partial charge in [-0.25, -0.2) is 4.98 Å². The maximum absolute atomic E-state index is 10.6. The smallest absolute Gasteiger partial charge is 0.307 e. The lowest BCUT2D eigenvalue weighted by Gasteiger charge is -2.01. The summed E-state index contributed by atoms with van der Waals surface area (Å²) in [6, 6.07) is 5.43. The zero-order valence-corrected chi connectivity index (χ0v) is 7.80. The van der Waals surface area contributed by atoms with Gasteiger partial charge in [0.2, 0.25) is 5.88 Å². The minimum atomic E-state index is -0.736. The van der Waals surface area contributed by atoms with E-state index >= 15 is 0 Å². The van der Waals surface area contributed by atoms with Crippen molar-refractivity contribution in [1.82, 2.24) is 4.98 Å². The number of aliphatic carboxylic acids is 1. The van der Waals surface area contributed by atoms with Crippen LogP contribution in [-0.4, -0.2) is 23.2 Å². The van der Waals surface area contributed by atoms with Crippen molar-refractivity contribution in [3.63, 3.8) is 0 Å². The number of pyridine rings is 1. The number of hydrogen-bond donors (Lipinski definition) is 1. The molecule has 0 spiro atoms. The van der Waals surface area contributed by atoms with Crippen LogP contribution in [0.2, 0.25) is 0 Å². The van der Waals surface area contributed by atoms with E-state index in [9.17, 15) is 4.79 Å². The fraction of sp³-hybridized carbons (Fsp3) is 0.400. The number of carboxylic acids is 1. The third-order valence-electron chi connectivity index (χ3n) is 2.44. The molecule has 0 saturated heterocycles. The summed E-state index contributed by atoms with van der Waals surface area (Å²) in [4.78, 5) is 14.8. The van der Waals surface area contributed by atoms with Crippen molar-refractivity contribution < 1.29 is 14.6 Å². The third-order valence-corrected chi connectivity index (χ3v) is 2.44. The number of rotatable bonds is 3. The zero-order valence-electron chi connectivity index (χ0n) is 7.80. The van der Waals surface area contributed by atoms with Gasteiger partial charge in [-0.15, -0.1) is 0 Å². The summed E-state index contributed by atoms with van der Waals surface area (Å²) in [5, 5.41) is 8.75. The van der Waals surface area contributed by atoms with Crippen LogP contribution in [0.15, 0.2) is 18.2 Å². The van der Waals surface area contributed by atoms with Gasteiger partial charge in [-0.2, -0.15) is 0 Å². The molecule has 1 aromatic heterocycles. The number of ether oxygens (including phenoxy) is 1. The van der Waals surface area contributed by atoms with Crippen LogP contribution in [0.4, 0.5) is 0 Å². The van der Waals surface area contributed by atoms with Crippen molar-refractivity contribution in [3.05, 3.63) is 23.9 Å². The lowest BCUT2D eigenvalue weighted by molar-refractivity contribution is -0.138. The highest BCUT2D eigenvalue weighted by Gasteiger charge is 2.45. The van der Waals surface area contributed by atoms with E-state index in [1.807, 2.05) is 12.1 Å². The molecule has 1 aliphatic carbocycles. The van der Waals surface area contributed by atoms with Crippen LogP contribution in [0.3, 0.4) is 0 Å². The van der Waals surface area contributed by atoms with Gasteiger partial charge in [0, 0.05) is 17.7 Å². The fourth-order valence-corrected chi connectivity index (χ4v) is 1.55. The maximum atomic E-state index is 10.6. The highest BCUT2D eigenvalue weighted by Crippen LogP contribution is 2.46. The number of hydrogen-bond acceptors (Lipinski definition) is 3. The highest BCUT2D eigenvalue weighted by atomic mass is 16.5. The second-order valence-electron chi connectivity index (χ2n) is 3.39. The predicted molar refractivity (Wildman–Crippen MR) is 49.3 cm³/mol. The van der Waals surface area contributed by atoms with Crippen LogP contribution >= 0.6 is 0 Å². The van der Waals surface area contributed by atoms with Gasteiger partial charge in [-0.3, -0.25) is 4.79 Å². The van der Waals surface area contributed by atoms with E-state index in [2.05, 4.69) is 4.98 Å². The van der Waals surface area contributed by atoms with Crippen LogP contribution in [0.5, 0.6) is 5.88 Å². The molecule has 4 heteroatoms. The van der Waals surface area contributed by atoms with Gasteiger partial charge in [0.25, 0.3) is 0 Å². The van der Waals surface area contributed by atoms with Crippen molar-refractivity contribution in [3.8, 4) is 5.88 Å². The Labute approximate surface area is 81.5 Å². The maximum Gasteiger partial charge on any atom is 0.307 e. The van der Waals surface area contributed by atoms with E-state index in [0.29, 0.717) is 12.3 Å². The largest absolute Gasteiger partial charge is 0.481 e. The molecule has 0 aliphatic heterocycles. The van der Waals surface area contributed by atoms with Crippen LogP contribution in [-0.2, 0) is 4.79 Å². The van der Waals surface area contributed by atoms with Crippen molar-refractivity contribution in [1.29, 1.82) is 0 Å². The zero-order chi connectivity index (χ0) is 10.1. The molecular formula is C10H11NO3. The monoisotopic (exact) mass is 193 g/mol. The third kappa shape index (κ3) is 1.55. The Morgan fingerprint density at radius 2 is 2.43 bits per heavy atom. The first-order valence-corrected chi connectivity index (χ1v) is 4.46. The molecule has 1 saturated carbocycles. The van der Waals surface area contributed by atoms with Crippen molar-refractivity contribution in [2.75, 3.05) is 7.11 Å². The summed E-state index contributed by atoms with van der Waals surface area (Å²) < 4.78 is 4.97. The molecule has 1 N–H and O–H groups in total. The van der Waals surface area contributed by atoms with Gasteiger partial charge < -0.3 is 9.84 Å². The SMILES string of the molecule is COc1cccc([C@@H]2CC2C(=O)O)n1. The number of nitrogens with zero attached hydrogens (tertiary/aromatic N) is 1. The topological polar surface area (TPSA) is 59.4 Å². The molecule has 2 atom stereocenters. The normalized spacial score (nSPS) is 24.4. The molecule has 4 nitrogen and oxygen atoms in total. The summed E-state index contributed by atoms with van der Waals surface area (Å²) in [6.45, 7) is 0.